The van der Waals surface area contributed by atoms with E-state index in [0.717, 1.165) is 24.3 Å². The summed E-state index contributed by atoms with van der Waals surface area (Å²) in [6, 6.07) is 0.106. The smallest absolute Gasteiger partial charge is 0.161 e. The molecule has 0 aliphatic rings. The zero-order valence-electron chi connectivity index (χ0n) is 11.1. The summed E-state index contributed by atoms with van der Waals surface area (Å²) in [5.74, 6) is 6.42. The molecule has 0 aliphatic heterocycles. The first-order valence-corrected chi connectivity index (χ1v) is 6.26. The van der Waals surface area contributed by atoms with Crippen molar-refractivity contribution in [3.63, 3.8) is 0 Å². The van der Waals surface area contributed by atoms with E-state index < -0.39 is 0 Å². The highest BCUT2D eigenvalue weighted by Crippen LogP contribution is 2.27. The minimum Gasteiger partial charge on any atom is -0.493 e. The van der Waals surface area contributed by atoms with Crippen molar-refractivity contribution in [1.29, 1.82) is 0 Å². The van der Waals surface area contributed by atoms with Crippen molar-refractivity contribution in [2.24, 2.45) is 12.9 Å². The van der Waals surface area contributed by atoms with E-state index in [4.69, 9.17) is 10.6 Å². The normalized spacial score (nSPS) is 12.7. The Balaban J connectivity index is 2.62. The number of ether oxygens (including phenoxy) is 1. The van der Waals surface area contributed by atoms with Gasteiger partial charge in [0.25, 0.3) is 0 Å². The van der Waals surface area contributed by atoms with E-state index in [1.807, 2.05) is 11.7 Å². The van der Waals surface area contributed by atoms with Crippen LogP contribution in [0.4, 0.5) is 0 Å². The van der Waals surface area contributed by atoms with Crippen LogP contribution in [0, 0.1) is 0 Å². The van der Waals surface area contributed by atoms with Gasteiger partial charge in [-0.2, -0.15) is 5.10 Å². The number of hydrogen-bond acceptors (Lipinski definition) is 4. The molecule has 5 heteroatoms. The molecule has 17 heavy (non-hydrogen) atoms. The lowest BCUT2D eigenvalue weighted by Gasteiger charge is -2.17. The predicted molar refractivity (Wildman–Crippen MR) is 68.6 cm³/mol. The molecule has 5 nitrogen and oxygen atoms in total. The lowest BCUT2D eigenvalue weighted by Crippen LogP contribution is -2.29. The summed E-state index contributed by atoms with van der Waals surface area (Å²) in [4.78, 5) is 0. The molecule has 3 N–H and O–H groups in total. The third-order valence-electron chi connectivity index (χ3n) is 3.05. The molecule has 1 atom stereocenters. The fourth-order valence-corrected chi connectivity index (χ4v) is 2.06. The average molecular weight is 240 g/mol. The molecule has 0 saturated heterocycles. The largest absolute Gasteiger partial charge is 0.493 e. The van der Waals surface area contributed by atoms with Crippen LogP contribution in [-0.4, -0.2) is 16.9 Å². The highest BCUT2D eigenvalue weighted by Gasteiger charge is 2.18. The van der Waals surface area contributed by atoms with Gasteiger partial charge in [-0.05, 0) is 6.42 Å². The maximum Gasteiger partial charge on any atom is 0.161 e. The summed E-state index contributed by atoms with van der Waals surface area (Å²) >= 11 is 0. The Labute approximate surface area is 103 Å². The summed E-state index contributed by atoms with van der Waals surface area (Å²) in [6.07, 6.45) is 7.67. The Morgan fingerprint density at radius 3 is 2.82 bits per heavy atom. The highest BCUT2D eigenvalue weighted by molar-refractivity contribution is 5.27. The lowest BCUT2D eigenvalue weighted by atomic mass is 10.0. The van der Waals surface area contributed by atoms with Crippen molar-refractivity contribution in [2.45, 2.75) is 45.1 Å². The van der Waals surface area contributed by atoms with E-state index in [0.29, 0.717) is 0 Å². The molecule has 0 bridgehead atoms. The third kappa shape index (κ3) is 3.71. The van der Waals surface area contributed by atoms with E-state index >= 15 is 0 Å². The molecule has 98 valence electrons. The molecule has 0 amide bonds. The molecule has 0 saturated carbocycles. The van der Waals surface area contributed by atoms with Crippen molar-refractivity contribution in [3.8, 4) is 5.75 Å². The average Bonchev–Trinajstić information content (AvgIpc) is 2.71. The van der Waals surface area contributed by atoms with Crippen LogP contribution < -0.4 is 16.0 Å². The maximum absolute atomic E-state index is 5.62. The van der Waals surface area contributed by atoms with Gasteiger partial charge in [0.15, 0.2) is 5.75 Å². The van der Waals surface area contributed by atoms with Gasteiger partial charge in [-0.25, -0.2) is 0 Å². The summed E-state index contributed by atoms with van der Waals surface area (Å²) < 4.78 is 7.12. The number of nitrogens with two attached hydrogens (primary N) is 1. The molecule has 0 spiro atoms. The van der Waals surface area contributed by atoms with Gasteiger partial charge < -0.3 is 4.74 Å². The molecular weight excluding hydrogens is 216 g/mol. The van der Waals surface area contributed by atoms with Crippen molar-refractivity contribution < 1.29 is 4.74 Å². The van der Waals surface area contributed by atoms with Gasteiger partial charge >= 0.3 is 0 Å². The molecule has 0 fully saturated rings. The molecule has 1 unspecified atom stereocenters. The van der Waals surface area contributed by atoms with Crippen LogP contribution in [0.1, 0.15) is 50.8 Å². The van der Waals surface area contributed by atoms with Crippen LogP contribution in [0.2, 0.25) is 0 Å². The van der Waals surface area contributed by atoms with Crippen LogP contribution in [0.15, 0.2) is 6.20 Å². The number of hydrogen-bond donors (Lipinski definition) is 2. The number of unbranched alkanes of at least 4 members (excludes halogenated alkanes) is 3. The second-order valence-corrected chi connectivity index (χ2v) is 4.29. The molecule has 0 aliphatic carbocycles. The van der Waals surface area contributed by atoms with Crippen LogP contribution in [-0.2, 0) is 7.05 Å². The number of nitrogens with zero attached hydrogens (tertiary/aromatic N) is 2. The fourth-order valence-electron chi connectivity index (χ4n) is 2.06. The van der Waals surface area contributed by atoms with Gasteiger partial charge in [0.2, 0.25) is 0 Å². The van der Waals surface area contributed by atoms with Crippen LogP contribution in [0.25, 0.3) is 0 Å². The molecule has 0 radical (unpaired) electrons. The quantitative estimate of drug-likeness (QED) is 0.414. The molecule has 1 heterocycles. The van der Waals surface area contributed by atoms with Crippen LogP contribution >= 0.6 is 0 Å². The fraction of sp³-hybridized carbons (Fsp3) is 0.750. The number of aryl methyl sites for hydroxylation is 1. The van der Waals surface area contributed by atoms with E-state index in [9.17, 15) is 0 Å². The zero-order valence-corrected chi connectivity index (χ0v) is 11.1. The SMILES string of the molecule is CCCCCCC(NN)c1c(OC)cnn1C. The van der Waals surface area contributed by atoms with Gasteiger partial charge in [0.1, 0.15) is 0 Å². The number of nitrogens with one attached hydrogen (secondary N) is 1. The third-order valence-corrected chi connectivity index (χ3v) is 3.05. The van der Waals surface area contributed by atoms with E-state index in [-0.39, 0.29) is 6.04 Å². The van der Waals surface area contributed by atoms with Gasteiger partial charge in [0.05, 0.1) is 25.0 Å². The minimum atomic E-state index is 0.106. The maximum atomic E-state index is 5.62. The summed E-state index contributed by atoms with van der Waals surface area (Å²) in [5, 5.41) is 4.20. The topological polar surface area (TPSA) is 65.1 Å². The Bertz CT molecular complexity index is 324. The van der Waals surface area contributed by atoms with E-state index in [1.165, 1.54) is 19.3 Å². The second kappa shape index (κ2) is 7.29. The van der Waals surface area contributed by atoms with Gasteiger partial charge in [0, 0.05) is 7.05 Å². The Kier molecular flexibility index (Phi) is 6.00. The zero-order chi connectivity index (χ0) is 12.7. The van der Waals surface area contributed by atoms with Crippen molar-refractivity contribution in [1.82, 2.24) is 15.2 Å². The first-order chi connectivity index (χ1) is 8.24. The second-order valence-electron chi connectivity index (χ2n) is 4.29. The van der Waals surface area contributed by atoms with Crippen LogP contribution in [0.3, 0.4) is 0 Å². The summed E-state index contributed by atoms with van der Waals surface area (Å²) in [5.41, 5.74) is 3.88. The summed E-state index contributed by atoms with van der Waals surface area (Å²) in [7, 11) is 3.57. The standard InChI is InChI=1S/C12H24N4O/c1-4-5-6-7-8-10(15-13)12-11(17-3)9-14-16(12)2/h9-10,15H,4-8,13H2,1-3H3. The summed E-state index contributed by atoms with van der Waals surface area (Å²) in [6.45, 7) is 2.21. The van der Waals surface area contributed by atoms with Crippen molar-refractivity contribution in [2.75, 3.05) is 7.11 Å². The monoisotopic (exact) mass is 240 g/mol. The number of methoxy groups -OCH3 is 1. The molecule has 1 aromatic rings. The van der Waals surface area contributed by atoms with Gasteiger partial charge in [-0.1, -0.05) is 32.6 Å². The van der Waals surface area contributed by atoms with E-state index in [2.05, 4.69) is 17.4 Å². The van der Waals surface area contributed by atoms with E-state index in [1.54, 1.807) is 13.3 Å². The van der Waals surface area contributed by atoms with Gasteiger partial charge in [-0.3, -0.25) is 16.0 Å². The Hall–Kier alpha value is -1.07. The van der Waals surface area contributed by atoms with Crippen molar-refractivity contribution >= 4 is 0 Å². The first kappa shape index (κ1) is 14.0. The lowest BCUT2D eigenvalue weighted by molar-refractivity contribution is 0.385. The molecule has 1 aromatic heterocycles. The first-order valence-electron chi connectivity index (χ1n) is 6.26. The number of aromatic nitrogens is 2. The van der Waals surface area contributed by atoms with Crippen molar-refractivity contribution in [3.05, 3.63) is 11.9 Å². The Morgan fingerprint density at radius 2 is 2.24 bits per heavy atom. The number of rotatable bonds is 8. The van der Waals surface area contributed by atoms with Crippen LogP contribution in [0.5, 0.6) is 5.75 Å². The Morgan fingerprint density at radius 1 is 1.47 bits per heavy atom. The predicted octanol–water partition coefficient (Wildman–Crippen LogP) is 1.90. The highest BCUT2D eigenvalue weighted by atomic mass is 16.5. The number of hydrazine groups is 1. The molecule has 0 aromatic carbocycles. The van der Waals surface area contributed by atoms with Gasteiger partial charge in [-0.15, -0.1) is 0 Å². The minimum absolute atomic E-state index is 0.106. The molecule has 1 rings (SSSR count). The molecular formula is C12H24N4O.